The summed E-state index contributed by atoms with van der Waals surface area (Å²) in [6.45, 7) is 5.59. The van der Waals surface area contributed by atoms with Crippen LogP contribution < -0.4 is 0 Å². The molecule has 1 unspecified atom stereocenters. The van der Waals surface area contributed by atoms with Gasteiger partial charge in [0.15, 0.2) is 0 Å². The Balaban J connectivity index is 2.45. The maximum atomic E-state index is 9.23. The summed E-state index contributed by atoms with van der Waals surface area (Å²) < 4.78 is 0. The van der Waals surface area contributed by atoms with Crippen molar-refractivity contribution < 1.29 is 5.11 Å². The molecule has 0 fully saturated rings. The fourth-order valence-electron chi connectivity index (χ4n) is 0.884. The van der Waals surface area contributed by atoms with Crippen LogP contribution in [0.3, 0.4) is 0 Å². The minimum absolute atomic E-state index is 0.411. The molecule has 1 aromatic rings. The summed E-state index contributed by atoms with van der Waals surface area (Å²) in [4.78, 5) is 1.19. The second kappa shape index (κ2) is 5.10. The molecule has 1 rings (SSSR count). The molecule has 0 aliphatic carbocycles. The molecule has 0 spiro atoms. The number of aryl methyl sites for hydroxylation is 1. The molecule has 0 aromatic heterocycles. The van der Waals surface area contributed by atoms with E-state index in [1.807, 2.05) is 0 Å². The lowest BCUT2D eigenvalue weighted by atomic mass is 10.2. The molecular formula is C11H14OS. The van der Waals surface area contributed by atoms with Gasteiger partial charge in [-0.15, -0.1) is 18.3 Å². The maximum absolute atomic E-state index is 9.23. The highest BCUT2D eigenvalue weighted by Crippen LogP contribution is 2.19. The lowest BCUT2D eigenvalue weighted by Gasteiger charge is -2.04. The van der Waals surface area contributed by atoms with Crippen molar-refractivity contribution in [1.82, 2.24) is 0 Å². The first-order valence-electron chi connectivity index (χ1n) is 4.22. The van der Waals surface area contributed by atoms with Crippen LogP contribution in [0.4, 0.5) is 0 Å². The third-order valence-corrected chi connectivity index (χ3v) is 2.83. The zero-order valence-electron chi connectivity index (χ0n) is 7.73. The van der Waals surface area contributed by atoms with Crippen LogP contribution >= 0.6 is 11.8 Å². The van der Waals surface area contributed by atoms with E-state index in [1.54, 1.807) is 17.8 Å². The monoisotopic (exact) mass is 194 g/mol. The molecule has 0 saturated carbocycles. The van der Waals surface area contributed by atoms with Gasteiger partial charge in [-0.3, -0.25) is 0 Å². The highest BCUT2D eigenvalue weighted by Gasteiger charge is 1.99. The average molecular weight is 194 g/mol. The van der Waals surface area contributed by atoms with Gasteiger partial charge in [0.25, 0.3) is 0 Å². The fraction of sp³-hybridized carbons (Fsp3) is 0.273. The van der Waals surface area contributed by atoms with E-state index < -0.39 is 6.10 Å². The lowest BCUT2D eigenvalue weighted by molar-refractivity contribution is 0.249. The molecule has 1 aromatic carbocycles. The van der Waals surface area contributed by atoms with Gasteiger partial charge in [0.2, 0.25) is 0 Å². The third kappa shape index (κ3) is 3.66. The van der Waals surface area contributed by atoms with Crippen LogP contribution in [-0.4, -0.2) is 17.0 Å². The average Bonchev–Trinajstić information content (AvgIpc) is 2.16. The van der Waals surface area contributed by atoms with Crippen LogP contribution in [0.15, 0.2) is 41.8 Å². The van der Waals surface area contributed by atoms with Gasteiger partial charge in [-0.2, -0.15) is 0 Å². The Kier molecular flexibility index (Phi) is 4.06. The van der Waals surface area contributed by atoms with Gasteiger partial charge < -0.3 is 5.11 Å². The van der Waals surface area contributed by atoms with Gasteiger partial charge in [-0.05, 0) is 19.1 Å². The van der Waals surface area contributed by atoms with E-state index >= 15 is 0 Å². The standard InChI is InChI=1S/C11H14OS/c1-3-10(12)8-13-11-6-4-9(2)5-7-11/h3-7,10,12H,1,8H2,2H3. The third-order valence-electron chi connectivity index (χ3n) is 1.71. The van der Waals surface area contributed by atoms with Crippen LogP contribution in [0.2, 0.25) is 0 Å². The molecule has 13 heavy (non-hydrogen) atoms. The quantitative estimate of drug-likeness (QED) is 0.587. The lowest BCUT2D eigenvalue weighted by Crippen LogP contribution is -2.04. The topological polar surface area (TPSA) is 20.2 Å². The van der Waals surface area contributed by atoms with Crippen molar-refractivity contribution in [2.45, 2.75) is 17.9 Å². The molecule has 0 aliphatic rings. The zero-order valence-corrected chi connectivity index (χ0v) is 8.55. The Bertz CT molecular complexity index is 266. The molecule has 70 valence electrons. The Morgan fingerprint density at radius 3 is 2.62 bits per heavy atom. The highest BCUT2D eigenvalue weighted by atomic mass is 32.2. The van der Waals surface area contributed by atoms with Crippen LogP contribution in [0.25, 0.3) is 0 Å². The number of benzene rings is 1. The van der Waals surface area contributed by atoms with E-state index in [4.69, 9.17) is 0 Å². The predicted molar refractivity (Wildman–Crippen MR) is 58.1 cm³/mol. The van der Waals surface area contributed by atoms with Crippen molar-refractivity contribution >= 4 is 11.8 Å². The molecule has 0 radical (unpaired) electrons. The summed E-state index contributed by atoms with van der Waals surface area (Å²) in [6.07, 6.45) is 1.15. The van der Waals surface area contributed by atoms with Gasteiger partial charge in [-0.1, -0.05) is 23.8 Å². The van der Waals surface area contributed by atoms with Crippen molar-refractivity contribution in [3.63, 3.8) is 0 Å². The highest BCUT2D eigenvalue weighted by molar-refractivity contribution is 7.99. The van der Waals surface area contributed by atoms with Crippen LogP contribution in [-0.2, 0) is 0 Å². The summed E-state index contributed by atoms with van der Waals surface area (Å²) >= 11 is 1.64. The van der Waals surface area contributed by atoms with E-state index in [0.29, 0.717) is 5.75 Å². The Hall–Kier alpha value is -0.730. The molecule has 0 bridgehead atoms. The Labute approximate surface area is 83.5 Å². The first-order valence-corrected chi connectivity index (χ1v) is 5.21. The number of hydrogen-bond donors (Lipinski definition) is 1. The van der Waals surface area contributed by atoms with Crippen molar-refractivity contribution in [2.24, 2.45) is 0 Å². The first-order chi connectivity index (χ1) is 6.22. The number of aliphatic hydroxyl groups is 1. The van der Waals surface area contributed by atoms with Gasteiger partial charge in [-0.25, -0.2) is 0 Å². The molecule has 2 heteroatoms. The van der Waals surface area contributed by atoms with E-state index in [0.717, 1.165) is 0 Å². The van der Waals surface area contributed by atoms with Gasteiger partial charge in [0.1, 0.15) is 0 Å². The second-order valence-corrected chi connectivity index (χ2v) is 4.02. The predicted octanol–water partition coefficient (Wildman–Crippen LogP) is 2.63. The Morgan fingerprint density at radius 2 is 2.08 bits per heavy atom. The smallest absolute Gasteiger partial charge is 0.0812 e. The van der Waals surface area contributed by atoms with Crippen LogP contribution in [0.1, 0.15) is 5.56 Å². The maximum Gasteiger partial charge on any atom is 0.0812 e. The number of thioether (sulfide) groups is 1. The van der Waals surface area contributed by atoms with E-state index in [2.05, 4.69) is 37.8 Å². The van der Waals surface area contributed by atoms with Crippen molar-refractivity contribution in [3.8, 4) is 0 Å². The van der Waals surface area contributed by atoms with E-state index in [-0.39, 0.29) is 0 Å². The van der Waals surface area contributed by atoms with Crippen LogP contribution in [0.5, 0.6) is 0 Å². The zero-order chi connectivity index (χ0) is 9.68. The molecule has 1 atom stereocenters. The molecule has 0 aliphatic heterocycles. The van der Waals surface area contributed by atoms with Crippen LogP contribution in [0, 0.1) is 6.92 Å². The number of rotatable bonds is 4. The van der Waals surface area contributed by atoms with Gasteiger partial charge in [0.05, 0.1) is 6.10 Å². The summed E-state index contributed by atoms with van der Waals surface area (Å²) in [6, 6.07) is 8.27. The van der Waals surface area contributed by atoms with Crippen molar-refractivity contribution in [3.05, 3.63) is 42.5 Å². The molecule has 1 nitrogen and oxygen atoms in total. The summed E-state index contributed by atoms with van der Waals surface area (Å²) in [5, 5.41) is 9.23. The largest absolute Gasteiger partial charge is 0.388 e. The minimum atomic E-state index is -0.411. The SMILES string of the molecule is C=CC(O)CSc1ccc(C)cc1. The summed E-state index contributed by atoms with van der Waals surface area (Å²) in [5.41, 5.74) is 1.26. The molecule has 0 saturated heterocycles. The van der Waals surface area contributed by atoms with Crippen molar-refractivity contribution in [2.75, 3.05) is 5.75 Å². The van der Waals surface area contributed by atoms with E-state index in [1.165, 1.54) is 10.5 Å². The molecule has 0 amide bonds. The summed E-state index contributed by atoms with van der Waals surface area (Å²) in [7, 11) is 0. The number of aliphatic hydroxyl groups excluding tert-OH is 1. The second-order valence-electron chi connectivity index (χ2n) is 2.93. The van der Waals surface area contributed by atoms with Gasteiger partial charge in [0, 0.05) is 10.6 Å². The van der Waals surface area contributed by atoms with E-state index in [9.17, 15) is 5.11 Å². The normalized spacial score (nSPS) is 12.5. The minimum Gasteiger partial charge on any atom is -0.388 e. The van der Waals surface area contributed by atoms with Crippen molar-refractivity contribution in [1.29, 1.82) is 0 Å². The molecule has 0 heterocycles. The molecule has 1 N–H and O–H groups in total. The van der Waals surface area contributed by atoms with Gasteiger partial charge >= 0.3 is 0 Å². The first kappa shape index (κ1) is 10.4. The fourth-order valence-corrected chi connectivity index (χ4v) is 1.71. The molecular weight excluding hydrogens is 180 g/mol. The Morgan fingerprint density at radius 1 is 1.46 bits per heavy atom. The number of hydrogen-bond acceptors (Lipinski definition) is 2. The summed E-state index contributed by atoms with van der Waals surface area (Å²) in [5.74, 6) is 0.673.